The summed E-state index contributed by atoms with van der Waals surface area (Å²) in [6.07, 6.45) is 4.77. The molecule has 1 aromatic carbocycles. The Morgan fingerprint density at radius 2 is 2.13 bits per heavy atom. The van der Waals surface area contributed by atoms with Crippen molar-refractivity contribution in [3.63, 3.8) is 0 Å². The Labute approximate surface area is 89.6 Å². The van der Waals surface area contributed by atoms with E-state index in [2.05, 4.69) is 22.5 Å². The van der Waals surface area contributed by atoms with Gasteiger partial charge in [-0.05, 0) is 11.6 Å². The molecule has 1 aromatic heterocycles. The maximum Gasteiger partial charge on any atom is 0.108 e. The van der Waals surface area contributed by atoms with Crippen molar-refractivity contribution in [1.82, 2.24) is 9.55 Å². The average Bonchev–Trinajstić information content (AvgIpc) is 2.69. The van der Waals surface area contributed by atoms with Gasteiger partial charge in [-0.15, -0.1) is 0 Å². The third-order valence-electron chi connectivity index (χ3n) is 2.51. The largest absolute Gasteiger partial charge is 0.398 e. The van der Waals surface area contributed by atoms with Crippen molar-refractivity contribution in [3.8, 4) is 0 Å². The van der Waals surface area contributed by atoms with Gasteiger partial charge in [-0.3, -0.25) is 0 Å². The number of hydrogen-bond acceptors (Lipinski definition) is 2. The average molecular weight is 201 g/mol. The molecule has 0 amide bonds. The van der Waals surface area contributed by atoms with Crippen LogP contribution in [-0.2, 0) is 13.0 Å². The van der Waals surface area contributed by atoms with Crippen LogP contribution in [0.15, 0.2) is 36.7 Å². The molecule has 0 saturated heterocycles. The van der Waals surface area contributed by atoms with E-state index in [4.69, 9.17) is 5.73 Å². The smallest absolute Gasteiger partial charge is 0.108 e. The number of nitrogen functional groups attached to an aromatic ring is 1. The molecule has 0 fully saturated rings. The van der Waals surface area contributed by atoms with Crippen LogP contribution in [0.1, 0.15) is 18.3 Å². The molecule has 0 unspecified atom stereocenters. The lowest BCUT2D eigenvalue weighted by Gasteiger charge is -2.08. The fourth-order valence-corrected chi connectivity index (χ4v) is 1.66. The Balaban J connectivity index is 2.26. The molecular weight excluding hydrogens is 186 g/mol. The molecule has 1 heterocycles. The summed E-state index contributed by atoms with van der Waals surface area (Å²) in [5, 5.41) is 0. The molecule has 3 nitrogen and oxygen atoms in total. The standard InChI is InChI=1S/C12H15N3/c1-2-12-14-7-8-15(12)9-10-5-3-4-6-11(10)13/h3-8H,2,9,13H2,1H3. The van der Waals surface area contributed by atoms with Gasteiger partial charge in [-0.1, -0.05) is 25.1 Å². The molecule has 0 bridgehead atoms. The predicted octanol–water partition coefficient (Wildman–Crippen LogP) is 2.08. The van der Waals surface area contributed by atoms with Crippen LogP contribution in [0.5, 0.6) is 0 Å². The monoisotopic (exact) mass is 201 g/mol. The number of para-hydroxylation sites is 1. The molecule has 0 spiro atoms. The lowest BCUT2D eigenvalue weighted by molar-refractivity contribution is 0.733. The van der Waals surface area contributed by atoms with Crippen molar-refractivity contribution in [2.75, 3.05) is 5.73 Å². The summed E-state index contributed by atoms with van der Waals surface area (Å²) < 4.78 is 2.13. The lowest BCUT2D eigenvalue weighted by atomic mass is 10.2. The molecule has 0 aliphatic rings. The zero-order valence-electron chi connectivity index (χ0n) is 8.85. The van der Waals surface area contributed by atoms with Gasteiger partial charge in [0, 0.05) is 24.5 Å². The molecule has 0 radical (unpaired) electrons. The van der Waals surface area contributed by atoms with E-state index in [1.807, 2.05) is 30.6 Å². The van der Waals surface area contributed by atoms with E-state index in [0.29, 0.717) is 0 Å². The summed E-state index contributed by atoms with van der Waals surface area (Å²) in [5.41, 5.74) is 7.88. The molecule has 2 N–H and O–H groups in total. The third-order valence-corrected chi connectivity index (χ3v) is 2.51. The molecule has 78 valence electrons. The summed E-state index contributed by atoms with van der Waals surface area (Å²) in [5.74, 6) is 1.10. The number of benzene rings is 1. The number of imidazole rings is 1. The minimum absolute atomic E-state index is 0.801. The summed E-state index contributed by atoms with van der Waals surface area (Å²) >= 11 is 0. The van der Waals surface area contributed by atoms with Gasteiger partial charge in [0.2, 0.25) is 0 Å². The molecule has 0 atom stereocenters. The molecule has 15 heavy (non-hydrogen) atoms. The molecule has 3 heteroatoms. The van der Waals surface area contributed by atoms with Crippen LogP contribution in [0.25, 0.3) is 0 Å². The van der Waals surface area contributed by atoms with Crippen molar-refractivity contribution in [1.29, 1.82) is 0 Å². The maximum absolute atomic E-state index is 5.89. The van der Waals surface area contributed by atoms with Crippen LogP contribution in [0.2, 0.25) is 0 Å². The first-order chi connectivity index (χ1) is 7.31. The van der Waals surface area contributed by atoms with Crippen LogP contribution < -0.4 is 5.73 Å². The number of anilines is 1. The Morgan fingerprint density at radius 1 is 1.33 bits per heavy atom. The van der Waals surface area contributed by atoms with Gasteiger partial charge in [0.15, 0.2) is 0 Å². The van der Waals surface area contributed by atoms with Crippen LogP contribution in [-0.4, -0.2) is 9.55 Å². The van der Waals surface area contributed by atoms with E-state index in [1.54, 1.807) is 0 Å². The van der Waals surface area contributed by atoms with E-state index < -0.39 is 0 Å². The highest BCUT2D eigenvalue weighted by Gasteiger charge is 2.02. The Hall–Kier alpha value is -1.77. The quantitative estimate of drug-likeness (QED) is 0.773. The number of nitrogens with two attached hydrogens (primary N) is 1. The second kappa shape index (κ2) is 4.17. The summed E-state index contributed by atoms with van der Waals surface area (Å²) in [6.45, 7) is 2.91. The summed E-state index contributed by atoms with van der Waals surface area (Å²) in [6, 6.07) is 7.94. The highest BCUT2D eigenvalue weighted by molar-refractivity contribution is 5.46. The molecule has 0 aliphatic heterocycles. The minimum atomic E-state index is 0.801. The van der Waals surface area contributed by atoms with Crippen LogP contribution in [0.3, 0.4) is 0 Å². The van der Waals surface area contributed by atoms with Crippen LogP contribution >= 0.6 is 0 Å². The number of aromatic nitrogens is 2. The van der Waals surface area contributed by atoms with Gasteiger partial charge in [0.05, 0.1) is 6.54 Å². The lowest BCUT2D eigenvalue weighted by Crippen LogP contribution is -2.05. The highest BCUT2D eigenvalue weighted by Crippen LogP contribution is 2.13. The fraction of sp³-hybridized carbons (Fsp3) is 0.250. The van der Waals surface area contributed by atoms with Crippen molar-refractivity contribution >= 4 is 5.69 Å². The van der Waals surface area contributed by atoms with E-state index in [-0.39, 0.29) is 0 Å². The zero-order valence-corrected chi connectivity index (χ0v) is 8.85. The zero-order chi connectivity index (χ0) is 10.7. The summed E-state index contributed by atoms with van der Waals surface area (Å²) in [4.78, 5) is 4.28. The topological polar surface area (TPSA) is 43.8 Å². The van der Waals surface area contributed by atoms with Gasteiger partial charge in [0.1, 0.15) is 5.82 Å². The molecular formula is C12H15N3. The number of hydrogen-bond donors (Lipinski definition) is 1. The van der Waals surface area contributed by atoms with E-state index in [0.717, 1.165) is 30.0 Å². The Bertz CT molecular complexity index is 446. The number of rotatable bonds is 3. The fourth-order valence-electron chi connectivity index (χ4n) is 1.66. The minimum Gasteiger partial charge on any atom is -0.398 e. The summed E-state index contributed by atoms with van der Waals surface area (Å²) in [7, 11) is 0. The van der Waals surface area contributed by atoms with E-state index >= 15 is 0 Å². The molecule has 0 aliphatic carbocycles. The van der Waals surface area contributed by atoms with Crippen molar-refractivity contribution in [2.45, 2.75) is 19.9 Å². The number of aryl methyl sites for hydroxylation is 1. The van der Waals surface area contributed by atoms with Gasteiger partial charge < -0.3 is 10.3 Å². The third kappa shape index (κ3) is 2.01. The van der Waals surface area contributed by atoms with E-state index in [1.165, 1.54) is 0 Å². The second-order valence-electron chi connectivity index (χ2n) is 3.52. The van der Waals surface area contributed by atoms with E-state index in [9.17, 15) is 0 Å². The SMILES string of the molecule is CCc1nccn1Cc1ccccc1N. The molecule has 2 aromatic rings. The predicted molar refractivity (Wildman–Crippen MR) is 61.6 cm³/mol. The van der Waals surface area contributed by atoms with Gasteiger partial charge in [-0.2, -0.15) is 0 Å². The van der Waals surface area contributed by atoms with Crippen molar-refractivity contribution < 1.29 is 0 Å². The first-order valence-corrected chi connectivity index (χ1v) is 5.14. The highest BCUT2D eigenvalue weighted by atomic mass is 15.1. The van der Waals surface area contributed by atoms with Crippen molar-refractivity contribution in [2.24, 2.45) is 0 Å². The number of nitrogens with zero attached hydrogens (tertiary/aromatic N) is 2. The van der Waals surface area contributed by atoms with Crippen molar-refractivity contribution in [3.05, 3.63) is 48.0 Å². The Kier molecular flexibility index (Phi) is 2.72. The first-order valence-electron chi connectivity index (χ1n) is 5.14. The van der Waals surface area contributed by atoms with Gasteiger partial charge in [0.25, 0.3) is 0 Å². The second-order valence-corrected chi connectivity index (χ2v) is 3.52. The van der Waals surface area contributed by atoms with Crippen LogP contribution in [0.4, 0.5) is 5.69 Å². The first kappa shape index (κ1) is 9.77. The molecule has 0 saturated carbocycles. The van der Waals surface area contributed by atoms with Gasteiger partial charge in [-0.25, -0.2) is 4.98 Å². The maximum atomic E-state index is 5.89. The molecule has 2 rings (SSSR count). The normalized spacial score (nSPS) is 10.5. The Morgan fingerprint density at radius 3 is 2.87 bits per heavy atom. The van der Waals surface area contributed by atoms with Crippen LogP contribution in [0, 0.1) is 0 Å². The van der Waals surface area contributed by atoms with Gasteiger partial charge >= 0.3 is 0 Å².